The summed E-state index contributed by atoms with van der Waals surface area (Å²) in [4.78, 5) is 9.67. The molecule has 5 heavy (non-hydrogen) atoms. The molecule has 0 bridgehead atoms. The average molecular weight is 71.9 g/mol. The van der Waals surface area contributed by atoms with E-state index < -0.39 is 5.97 Å². The number of rotatable bonds is 1. The third-order valence-electron chi connectivity index (χ3n) is 0.166. The van der Waals surface area contributed by atoms with Gasteiger partial charge in [0.2, 0.25) is 5.97 Å². The van der Waals surface area contributed by atoms with Crippen LogP contribution in [-0.2, 0) is 9.45 Å². The second-order valence-electron chi connectivity index (χ2n) is 0.609. The summed E-state index contributed by atoms with van der Waals surface area (Å²) in [6.07, 6.45) is 0. The fraction of sp³-hybridized carbons (Fsp3) is 0.500. The van der Waals surface area contributed by atoms with E-state index in [1.54, 1.807) is 0 Å². The summed E-state index contributed by atoms with van der Waals surface area (Å²) in [6.45, 7) is 1.24. The Morgan fingerprint density at radius 2 is 3.00 bits per heavy atom. The van der Waals surface area contributed by atoms with Gasteiger partial charge in [-0.3, -0.25) is 6.13 Å². The molecule has 0 aromatic rings. The second kappa shape index (κ2) is 1.82. The van der Waals surface area contributed by atoms with Gasteiger partial charge in [0.25, 0.3) is 0 Å². The Bertz CT molecular complexity index is 55.5. The number of hydrogen-bond donors (Lipinski definition) is 0. The Balaban J connectivity index is 2.83. The predicted molar refractivity (Wildman–Crippen MR) is 18.9 cm³/mol. The van der Waals surface area contributed by atoms with E-state index in [0.29, 0.717) is 8.01 Å². The van der Waals surface area contributed by atoms with Crippen LogP contribution in [0.3, 0.4) is 0 Å². The molecule has 0 saturated carbocycles. The van der Waals surface area contributed by atoms with Crippen LogP contribution in [0.25, 0.3) is 0 Å². The molecule has 0 aromatic carbocycles. The highest BCUT2D eigenvalue weighted by molar-refractivity contribution is 6.04. The van der Waals surface area contributed by atoms with Crippen molar-refractivity contribution in [2.45, 2.75) is 6.92 Å². The minimum Gasteiger partial charge on any atom is -0.757 e. The van der Waals surface area contributed by atoms with E-state index in [2.05, 4.69) is 4.65 Å². The van der Waals surface area contributed by atoms with Crippen LogP contribution in [0.15, 0.2) is 0 Å². The highest BCUT2D eigenvalue weighted by Gasteiger charge is 1.66. The quantitative estimate of drug-likeness (QED) is 0.385. The summed E-state index contributed by atoms with van der Waals surface area (Å²) in [5, 5.41) is 0. The van der Waals surface area contributed by atoms with Crippen molar-refractivity contribution in [3.8, 4) is 0 Å². The zero-order valence-electron chi connectivity index (χ0n) is 3.89. The zero-order chi connectivity index (χ0) is 4.99. The van der Waals surface area contributed by atoms with Crippen molar-refractivity contribution >= 4 is 14.0 Å². The van der Waals surface area contributed by atoms with Gasteiger partial charge in [-0.15, -0.1) is 8.01 Å². The third kappa shape index (κ3) is 3.53. The molecule has 0 unspecified atom stereocenters. The molecular formula is C2H4BO2-. The molecule has 0 aliphatic heterocycles. The third-order valence-corrected chi connectivity index (χ3v) is 0.166. The molecular weight excluding hydrogens is 66.8 g/mol. The van der Waals surface area contributed by atoms with Gasteiger partial charge >= 0.3 is 0 Å². The van der Waals surface area contributed by atoms with Gasteiger partial charge in [-0.05, 0) is 0 Å². The number of carbonyl (C=O) groups is 1. The molecule has 0 fully saturated rings. The lowest BCUT2D eigenvalue weighted by molar-refractivity contribution is -0.131. The molecule has 0 N–H and O–H groups in total. The van der Waals surface area contributed by atoms with Gasteiger partial charge in [0.05, 0.1) is 0 Å². The first-order valence-electron chi connectivity index (χ1n) is 1.72. The summed E-state index contributed by atoms with van der Waals surface area (Å²) in [6, 6.07) is 0. The van der Waals surface area contributed by atoms with Crippen LogP contribution in [0.2, 0.25) is 0 Å². The maximum absolute atomic E-state index is 9.67. The lowest BCUT2D eigenvalue weighted by atomic mass is 10.6. The molecule has 0 amide bonds. The van der Waals surface area contributed by atoms with Gasteiger partial charge in [0.1, 0.15) is 0 Å². The first kappa shape index (κ1) is 2.76. The second-order valence-corrected chi connectivity index (χ2v) is 0.609. The first-order chi connectivity index (χ1) is 2.77. The highest BCUT2D eigenvalue weighted by Crippen LogP contribution is 1.58. The predicted octanol–water partition coefficient (Wildman–Crippen LogP) is -0.635. The van der Waals surface area contributed by atoms with E-state index in [9.17, 15) is 4.79 Å². The Hall–Kier alpha value is -0.465. The van der Waals surface area contributed by atoms with Crippen LogP contribution in [0.4, 0.5) is 0 Å². The fourth-order valence-corrected chi connectivity index (χ4v) is 0. The lowest BCUT2D eigenvalue weighted by Crippen LogP contribution is -1.90. The standard InChI is InChI=1S/C2H4BO2/c1-2(4)5-3/h3H,1H3/q-1/i3D. The normalized spacial score (nSPS) is 9.40. The Kier molecular flexibility index (Phi) is 1.00. The maximum Gasteiger partial charge on any atom is 0.249 e. The van der Waals surface area contributed by atoms with Crippen LogP contribution >= 0.6 is 0 Å². The molecule has 0 aliphatic carbocycles. The van der Waals surface area contributed by atoms with Crippen LogP contribution in [0, 0.1) is 0 Å². The average Bonchev–Trinajstić information content (AvgIpc) is 1.35. The smallest absolute Gasteiger partial charge is 0.249 e. The Morgan fingerprint density at radius 1 is 2.40 bits per heavy atom. The summed E-state index contributed by atoms with van der Waals surface area (Å²) < 4.78 is 10.1. The van der Waals surface area contributed by atoms with Gasteiger partial charge in [-0.2, -0.15) is 0 Å². The van der Waals surface area contributed by atoms with Crippen LogP contribution in [0.5, 0.6) is 0 Å². The molecule has 0 rings (SSSR count). The molecule has 0 aromatic heterocycles. The molecule has 2 radical (unpaired) electrons. The summed E-state index contributed by atoms with van der Waals surface area (Å²) >= 11 is 0. The molecule has 0 heterocycles. The van der Waals surface area contributed by atoms with Crippen molar-refractivity contribution in [1.29, 1.82) is 1.34 Å². The van der Waals surface area contributed by atoms with Gasteiger partial charge in [0, 0.05) is 6.92 Å². The van der Waals surface area contributed by atoms with Gasteiger partial charge in [-0.25, -0.2) is 0 Å². The monoisotopic (exact) mass is 72.0 g/mol. The Labute approximate surface area is 32.9 Å². The molecule has 0 saturated heterocycles. The van der Waals surface area contributed by atoms with E-state index in [1.165, 1.54) is 6.92 Å². The summed E-state index contributed by atoms with van der Waals surface area (Å²) in [5.74, 6) is -0.454. The van der Waals surface area contributed by atoms with Crippen molar-refractivity contribution in [2.24, 2.45) is 0 Å². The van der Waals surface area contributed by atoms with E-state index in [1.807, 2.05) is 0 Å². The molecule has 0 aliphatic rings. The van der Waals surface area contributed by atoms with Crippen molar-refractivity contribution in [3.05, 3.63) is 0 Å². The van der Waals surface area contributed by atoms with Crippen molar-refractivity contribution in [3.63, 3.8) is 0 Å². The molecule has 3 heteroatoms. The topological polar surface area (TPSA) is 26.3 Å². The number of carbonyl (C=O) groups excluding carboxylic acids is 1. The Morgan fingerprint density at radius 3 is 3.00 bits per heavy atom. The lowest BCUT2D eigenvalue weighted by Gasteiger charge is -1.98. The van der Waals surface area contributed by atoms with Crippen molar-refractivity contribution in [1.82, 2.24) is 0 Å². The SMILES string of the molecule is [2H][B-]OC(C)=O. The van der Waals surface area contributed by atoms with E-state index in [4.69, 9.17) is 1.34 Å². The van der Waals surface area contributed by atoms with Crippen LogP contribution in [-0.4, -0.2) is 15.3 Å². The van der Waals surface area contributed by atoms with Crippen LogP contribution < -0.4 is 0 Å². The van der Waals surface area contributed by atoms with Crippen molar-refractivity contribution in [2.75, 3.05) is 0 Å². The van der Waals surface area contributed by atoms with Gasteiger partial charge in [-0.1, -0.05) is 0 Å². The number of hydrogen-bond acceptors (Lipinski definition) is 2. The van der Waals surface area contributed by atoms with Crippen LogP contribution in [0.1, 0.15) is 6.92 Å². The molecule has 0 spiro atoms. The molecule has 2 nitrogen and oxygen atoms in total. The van der Waals surface area contributed by atoms with Gasteiger partial charge in [0.15, 0.2) is 0 Å². The maximum atomic E-state index is 9.67. The molecule has 28 valence electrons. The summed E-state index contributed by atoms with van der Waals surface area (Å²) in [7, 11) is 0.600. The summed E-state index contributed by atoms with van der Waals surface area (Å²) in [5.41, 5.74) is 0. The zero-order valence-corrected chi connectivity index (χ0v) is 2.89. The minimum atomic E-state index is -0.454. The fourth-order valence-electron chi connectivity index (χ4n) is 0. The van der Waals surface area contributed by atoms with E-state index in [-0.39, 0.29) is 0 Å². The van der Waals surface area contributed by atoms with Gasteiger partial charge < -0.3 is 4.65 Å². The van der Waals surface area contributed by atoms with E-state index in [0.717, 1.165) is 0 Å². The van der Waals surface area contributed by atoms with Crippen molar-refractivity contribution < 1.29 is 9.45 Å². The highest BCUT2D eigenvalue weighted by atomic mass is 16.5. The largest absolute Gasteiger partial charge is 0.757 e. The van der Waals surface area contributed by atoms with E-state index >= 15 is 0 Å². The first-order valence-corrected chi connectivity index (χ1v) is 1.14. The minimum absolute atomic E-state index is 0.454. The molecule has 0 atom stereocenters.